The van der Waals surface area contributed by atoms with Crippen LogP contribution in [-0.4, -0.2) is 52.0 Å². The van der Waals surface area contributed by atoms with Crippen molar-refractivity contribution in [1.82, 2.24) is 14.7 Å². The monoisotopic (exact) mass is 293 g/mol. The molecule has 2 saturated heterocycles. The van der Waals surface area contributed by atoms with Crippen molar-refractivity contribution in [2.24, 2.45) is 0 Å². The van der Waals surface area contributed by atoms with Crippen molar-refractivity contribution in [3.05, 3.63) is 18.5 Å². The van der Waals surface area contributed by atoms with Gasteiger partial charge in [0.05, 0.1) is 0 Å². The summed E-state index contributed by atoms with van der Waals surface area (Å²) in [6.07, 6.45) is 4.83. The maximum absolute atomic E-state index is 12.6. The number of amides is 1. The van der Waals surface area contributed by atoms with Crippen LogP contribution in [0.25, 0.3) is 0 Å². The first kappa shape index (κ1) is 13.9. The molecule has 7 nitrogen and oxygen atoms in total. The minimum Gasteiger partial charge on any atom is -0.430 e. The van der Waals surface area contributed by atoms with Gasteiger partial charge in [0.2, 0.25) is 5.91 Å². The Bertz CT molecular complexity index is 520. The number of nitrogens with zero attached hydrogens (tertiary/aromatic N) is 3. The predicted octanol–water partition coefficient (Wildman–Crippen LogP) is 1.36. The maximum atomic E-state index is 12.6. The van der Waals surface area contributed by atoms with Crippen LogP contribution >= 0.6 is 0 Å². The van der Waals surface area contributed by atoms with Crippen LogP contribution in [0.15, 0.2) is 18.5 Å². The number of rotatable bonds is 3. The summed E-state index contributed by atoms with van der Waals surface area (Å²) in [5.74, 6) is 0.0706. The third-order valence-corrected chi connectivity index (χ3v) is 4.26. The van der Waals surface area contributed by atoms with E-state index in [0.717, 1.165) is 0 Å². The lowest BCUT2D eigenvalue weighted by Gasteiger charge is -2.37. The summed E-state index contributed by atoms with van der Waals surface area (Å²) in [5, 5.41) is 4.16. The normalized spacial score (nSPS) is 22.0. The molecule has 1 aromatic heterocycles. The van der Waals surface area contributed by atoms with E-state index in [0.29, 0.717) is 39.0 Å². The van der Waals surface area contributed by atoms with Crippen molar-refractivity contribution in [3.8, 4) is 0 Å². The molecule has 0 N–H and O–H groups in total. The molecule has 3 heterocycles. The van der Waals surface area contributed by atoms with Crippen molar-refractivity contribution in [2.75, 3.05) is 19.7 Å². The molecular formula is C14H19N3O4. The predicted molar refractivity (Wildman–Crippen MR) is 72.5 cm³/mol. The fourth-order valence-electron chi connectivity index (χ4n) is 2.96. The van der Waals surface area contributed by atoms with Gasteiger partial charge in [0.15, 0.2) is 5.60 Å². The topological polar surface area (TPSA) is 73.7 Å². The third kappa shape index (κ3) is 2.59. The van der Waals surface area contributed by atoms with Gasteiger partial charge in [-0.2, -0.15) is 5.10 Å². The van der Waals surface area contributed by atoms with Crippen molar-refractivity contribution >= 4 is 12.1 Å². The minimum absolute atomic E-state index is 0.0706. The van der Waals surface area contributed by atoms with Crippen LogP contribution in [0, 0.1) is 0 Å². The van der Waals surface area contributed by atoms with Crippen molar-refractivity contribution < 1.29 is 19.1 Å². The van der Waals surface area contributed by atoms with Crippen LogP contribution in [-0.2, 0) is 14.3 Å². The Balaban J connectivity index is 1.63. The van der Waals surface area contributed by atoms with Crippen molar-refractivity contribution in [2.45, 2.75) is 37.8 Å². The zero-order valence-corrected chi connectivity index (χ0v) is 12.0. The summed E-state index contributed by atoms with van der Waals surface area (Å²) in [7, 11) is 0. The lowest BCUT2D eigenvalue weighted by molar-refractivity contribution is -0.138. The molecule has 1 unspecified atom stereocenters. The first-order valence-corrected chi connectivity index (χ1v) is 7.27. The molecular weight excluding hydrogens is 274 g/mol. The van der Waals surface area contributed by atoms with E-state index in [2.05, 4.69) is 5.10 Å². The largest absolute Gasteiger partial charge is 0.509 e. The van der Waals surface area contributed by atoms with Crippen molar-refractivity contribution in [3.63, 3.8) is 0 Å². The minimum atomic E-state index is -0.599. The zero-order valence-electron chi connectivity index (χ0n) is 12.0. The second kappa shape index (κ2) is 5.38. The van der Waals surface area contributed by atoms with E-state index in [9.17, 15) is 9.59 Å². The first-order valence-electron chi connectivity index (χ1n) is 7.27. The first-order chi connectivity index (χ1) is 10.1. The van der Waals surface area contributed by atoms with Gasteiger partial charge in [0, 0.05) is 38.3 Å². The molecule has 7 heteroatoms. The fraction of sp³-hybridized carbons (Fsp3) is 0.643. The number of hydrogen-bond donors (Lipinski definition) is 0. The van der Waals surface area contributed by atoms with Crippen molar-refractivity contribution in [1.29, 1.82) is 0 Å². The number of ether oxygens (including phenoxy) is 2. The molecule has 1 amide bonds. The second-order valence-electron chi connectivity index (χ2n) is 5.56. The summed E-state index contributed by atoms with van der Waals surface area (Å²) < 4.78 is 11.9. The van der Waals surface area contributed by atoms with Gasteiger partial charge >= 0.3 is 6.16 Å². The number of carbonyl (C=O) groups excluding carboxylic acids is 2. The Morgan fingerprint density at radius 1 is 1.48 bits per heavy atom. The molecule has 1 spiro atoms. The van der Waals surface area contributed by atoms with Crippen LogP contribution in [0.2, 0.25) is 0 Å². The second-order valence-corrected chi connectivity index (χ2v) is 5.56. The highest BCUT2D eigenvalue weighted by Gasteiger charge is 2.45. The Labute approximate surface area is 122 Å². The molecule has 0 bridgehead atoms. The summed E-state index contributed by atoms with van der Waals surface area (Å²) in [6, 6.07) is 1.55. The molecule has 3 rings (SSSR count). The molecule has 2 aliphatic rings. The van der Waals surface area contributed by atoms with Gasteiger partial charge < -0.3 is 14.4 Å². The zero-order chi connectivity index (χ0) is 14.9. The lowest BCUT2D eigenvalue weighted by atomic mass is 9.92. The average Bonchev–Trinajstić information content (AvgIpc) is 3.12. The van der Waals surface area contributed by atoms with Gasteiger partial charge in [-0.15, -0.1) is 0 Å². The van der Waals surface area contributed by atoms with Crippen LogP contribution in [0.5, 0.6) is 0 Å². The molecule has 1 atom stereocenters. The molecule has 0 aromatic carbocycles. The van der Waals surface area contributed by atoms with Crippen LogP contribution < -0.4 is 0 Å². The van der Waals surface area contributed by atoms with E-state index in [1.165, 1.54) is 0 Å². The maximum Gasteiger partial charge on any atom is 0.509 e. The Hall–Kier alpha value is -2.05. The SMILES string of the molecule is CCC(C(=O)N1CCC2(CC1)COC(=O)O2)n1cccn1. The van der Waals surface area contributed by atoms with Gasteiger partial charge in [-0.1, -0.05) is 6.92 Å². The van der Waals surface area contributed by atoms with E-state index in [4.69, 9.17) is 9.47 Å². The molecule has 2 fully saturated rings. The van der Waals surface area contributed by atoms with E-state index in [1.807, 2.05) is 24.1 Å². The third-order valence-electron chi connectivity index (χ3n) is 4.26. The number of carbonyl (C=O) groups is 2. The molecule has 114 valence electrons. The molecule has 2 aliphatic heterocycles. The van der Waals surface area contributed by atoms with Crippen LogP contribution in [0.1, 0.15) is 32.2 Å². The summed E-state index contributed by atoms with van der Waals surface area (Å²) in [4.78, 5) is 25.6. The quantitative estimate of drug-likeness (QED) is 0.787. The number of likely N-dealkylation sites (tertiary alicyclic amines) is 1. The molecule has 0 radical (unpaired) electrons. The average molecular weight is 293 g/mol. The number of aromatic nitrogens is 2. The van der Waals surface area contributed by atoms with Gasteiger partial charge in [-0.3, -0.25) is 9.48 Å². The van der Waals surface area contributed by atoms with E-state index >= 15 is 0 Å². The molecule has 0 aliphatic carbocycles. The highest BCUT2D eigenvalue weighted by molar-refractivity contribution is 5.80. The summed E-state index contributed by atoms with van der Waals surface area (Å²) in [5.41, 5.74) is -0.527. The summed E-state index contributed by atoms with van der Waals surface area (Å²) >= 11 is 0. The number of cyclic esters (lactones) is 1. The molecule has 0 saturated carbocycles. The van der Waals surface area contributed by atoms with Crippen LogP contribution in [0.3, 0.4) is 0 Å². The summed E-state index contributed by atoms with van der Waals surface area (Å²) in [6.45, 7) is 3.42. The highest BCUT2D eigenvalue weighted by Crippen LogP contribution is 2.32. The standard InChI is InChI=1S/C14H19N3O4/c1-2-11(17-7-3-6-15-17)12(18)16-8-4-14(5-9-16)10-20-13(19)21-14/h3,6-7,11H,2,4-5,8-10H2,1H3. The van der Waals surface area contributed by atoms with E-state index < -0.39 is 11.8 Å². The number of hydrogen-bond acceptors (Lipinski definition) is 5. The van der Waals surface area contributed by atoms with Gasteiger partial charge in [0.25, 0.3) is 0 Å². The highest BCUT2D eigenvalue weighted by atomic mass is 16.8. The Morgan fingerprint density at radius 3 is 2.76 bits per heavy atom. The lowest BCUT2D eigenvalue weighted by Crippen LogP contribution is -2.49. The van der Waals surface area contributed by atoms with E-state index in [1.54, 1.807) is 10.9 Å². The molecule has 21 heavy (non-hydrogen) atoms. The van der Waals surface area contributed by atoms with Gasteiger partial charge in [-0.25, -0.2) is 4.79 Å². The van der Waals surface area contributed by atoms with Gasteiger partial charge in [-0.05, 0) is 12.5 Å². The Kier molecular flexibility index (Phi) is 3.57. The fourth-order valence-corrected chi connectivity index (χ4v) is 2.96. The van der Waals surface area contributed by atoms with Crippen LogP contribution in [0.4, 0.5) is 4.79 Å². The Morgan fingerprint density at radius 2 is 2.24 bits per heavy atom. The molecule has 1 aromatic rings. The number of piperidine rings is 1. The smallest absolute Gasteiger partial charge is 0.430 e. The van der Waals surface area contributed by atoms with E-state index in [-0.39, 0.29) is 11.9 Å². The van der Waals surface area contributed by atoms with Gasteiger partial charge in [0.1, 0.15) is 12.6 Å².